The molecule has 1 atom stereocenters. The van der Waals surface area contributed by atoms with E-state index in [2.05, 4.69) is 35.5 Å². The number of rotatable bonds is 3. The Bertz CT molecular complexity index is 1160. The molecule has 0 saturated heterocycles. The molecule has 136 valence electrons. The molecule has 1 unspecified atom stereocenters. The molecule has 4 heteroatoms. The number of fused-ring (bicyclic) bond motifs is 2. The lowest BCUT2D eigenvalue weighted by molar-refractivity contribution is -0.145. The van der Waals surface area contributed by atoms with E-state index in [1.807, 2.05) is 42.5 Å². The first-order valence-corrected chi connectivity index (χ1v) is 9.20. The van der Waals surface area contributed by atoms with Gasteiger partial charge in [0.15, 0.2) is 0 Å². The molecule has 0 fully saturated rings. The smallest absolute Gasteiger partial charge is 0.356 e. The lowest BCUT2D eigenvalue weighted by Gasteiger charge is -2.11. The van der Waals surface area contributed by atoms with Gasteiger partial charge in [0, 0.05) is 12.0 Å². The molecule has 0 N–H and O–H groups in total. The van der Waals surface area contributed by atoms with Gasteiger partial charge in [0.2, 0.25) is 6.10 Å². The van der Waals surface area contributed by atoms with E-state index in [4.69, 9.17) is 9.57 Å². The SMILES string of the molecule is O=C(Oc1ccccc1)C1CC(c2c3ccccc3cc3ccccc23)=NO1. The van der Waals surface area contributed by atoms with Gasteiger partial charge in [-0.25, -0.2) is 4.79 Å². The van der Waals surface area contributed by atoms with Crippen molar-refractivity contribution in [3.8, 4) is 5.75 Å². The zero-order chi connectivity index (χ0) is 18.9. The summed E-state index contributed by atoms with van der Waals surface area (Å²) in [5, 5.41) is 8.73. The van der Waals surface area contributed by atoms with Crippen molar-refractivity contribution in [1.82, 2.24) is 0 Å². The van der Waals surface area contributed by atoms with Crippen molar-refractivity contribution in [2.45, 2.75) is 12.5 Å². The van der Waals surface area contributed by atoms with E-state index in [0.29, 0.717) is 12.2 Å². The Morgan fingerprint density at radius 3 is 2.14 bits per heavy atom. The number of ether oxygens (including phenoxy) is 1. The quantitative estimate of drug-likeness (QED) is 0.288. The summed E-state index contributed by atoms with van der Waals surface area (Å²) in [6.45, 7) is 0. The molecule has 4 nitrogen and oxygen atoms in total. The maximum Gasteiger partial charge on any atom is 0.356 e. The molecule has 0 bridgehead atoms. The number of oxime groups is 1. The van der Waals surface area contributed by atoms with Crippen LogP contribution in [0.2, 0.25) is 0 Å². The highest BCUT2D eigenvalue weighted by atomic mass is 16.7. The lowest BCUT2D eigenvalue weighted by Crippen LogP contribution is -2.26. The molecule has 1 aliphatic heterocycles. The first kappa shape index (κ1) is 16.5. The Morgan fingerprint density at radius 2 is 1.46 bits per heavy atom. The van der Waals surface area contributed by atoms with E-state index >= 15 is 0 Å². The number of esters is 1. The molecule has 0 spiro atoms. The second-order valence-electron chi connectivity index (χ2n) is 6.76. The monoisotopic (exact) mass is 367 g/mol. The summed E-state index contributed by atoms with van der Waals surface area (Å²) in [4.78, 5) is 18.0. The second-order valence-corrected chi connectivity index (χ2v) is 6.76. The zero-order valence-corrected chi connectivity index (χ0v) is 15.0. The van der Waals surface area contributed by atoms with E-state index in [9.17, 15) is 4.79 Å². The summed E-state index contributed by atoms with van der Waals surface area (Å²) in [6, 6.07) is 27.6. The van der Waals surface area contributed by atoms with Gasteiger partial charge in [-0.05, 0) is 39.7 Å². The predicted molar refractivity (Wildman–Crippen MR) is 110 cm³/mol. The minimum atomic E-state index is -0.743. The highest BCUT2D eigenvalue weighted by molar-refractivity contribution is 6.21. The Kier molecular flexibility index (Phi) is 4.02. The zero-order valence-electron chi connectivity index (χ0n) is 15.0. The summed E-state index contributed by atoms with van der Waals surface area (Å²) >= 11 is 0. The third-order valence-corrected chi connectivity index (χ3v) is 4.95. The van der Waals surface area contributed by atoms with E-state index < -0.39 is 12.1 Å². The Morgan fingerprint density at radius 1 is 0.857 bits per heavy atom. The molecular formula is C24H17NO3. The van der Waals surface area contributed by atoms with Gasteiger partial charge in [-0.3, -0.25) is 0 Å². The Labute approximate surface area is 162 Å². The molecule has 4 aromatic carbocycles. The highest BCUT2D eigenvalue weighted by Gasteiger charge is 2.32. The molecule has 0 aliphatic carbocycles. The minimum absolute atomic E-state index is 0.379. The Balaban J connectivity index is 1.50. The van der Waals surface area contributed by atoms with Gasteiger partial charge in [0.25, 0.3) is 0 Å². The number of carbonyl (C=O) groups excluding carboxylic acids is 1. The lowest BCUT2D eigenvalue weighted by atomic mass is 9.92. The van der Waals surface area contributed by atoms with Crippen LogP contribution in [0.15, 0.2) is 90.1 Å². The van der Waals surface area contributed by atoms with Gasteiger partial charge in [0.1, 0.15) is 5.75 Å². The van der Waals surface area contributed by atoms with E-state index in [1.165, 1.54) is 0 Å². The fourth-order valence-electron chi connectivity index (χ4n) is 3.65. The van der Waals surface area contributed by atoms with Crippen molar-refractivity contribution in [2.75, 3.05) is 0 Å². The van der Waals surface area contributed by atoms with Crippen molar-refractivity contribution >= 4 is 33.2 Å². The maximum absolute atomic E-state index is 12.5. The molecule has 1 aliphatic rings. The normalized spacial score (nSPS) is 16.0. The van der Waals surface area contributed by atoms with Crippen LogP contribution < -0.4 is 4.74 Å². The van der Waals surface area contributed by atoms with Gasteiger partial charge >= 0.3 is 5.97 Å². The van der Waals surface area contributed by atoms with Crippen molar-refractivity contribution in [1.29, 1.82) is 0 Å². The molecule has 5 rings (SSSR count). The van der Waals surface area contributed by atoms with E-state index in [-0.39, 0.29) is 0 Å². The van der Waals surface area contributed by atoms with Crippen LogP contribution in [0.3, 0.4) is 0 Å². The van der Waals surface area contributed by atoms with Crippen molar-refractivity contribution in [2.24, 2.45) is 5.16 Å². The highest BCUT2D eigenvalue weighted by Crippen LogP contribution is 2.32. The van der Waals surface area contributed by atoms with Crippen LogP contribution in [0.4, 0.5) is 0 Å². The largest absolute Gasteiger partial charge is 0.424 e. The number of hydrogen-bond donors (Lipinski definition) is 0. The molecule has 0 radical (unpaired) electrons. The number of hydrogen-bond acceptors (Lipinski definition) is 4. The second kappa shape index (κ2) is 6.82. The number of benzene rings is 4. The van der Waals surface area contributed by atoms with Crippen LogP contribution >= 0.6 is 0 Å². The van der Waals surface area contributed by atoms with Crippen LogP contribution in [0.1, 0.15) is 12.0 Å². The summed E-state index contributed by atoms with van der Waals surface area (Å²) in [6.07, 6.45) is -0.364. The van der Waals surface area contributed by atoms with Gasteiger partial charge in [0.05, 0.1) is 5.71 Å². The van der Waals surface area contributed by atoms with Crippen LogP contribution in [0, 0.1) is 0 Å². The third-order valence-electron chi connectivity index (χ3n) is 4.95. The predicted octanol–water partition coefficient (Wildman–Crippen LogP) is 5.09. The van der Waals surface area contributed by atoms with Crippen molar-refractivity contribution in [3.63, 3.8) is 0 Å². The minimum Gasteiger partial charge on any atom is -0.424 e. The molecular weight excluding hydrogens is 350 g/mol. The molecule has 0 aromatic heterocycles. The molecule has 4 aromatic rings. The van der Waals surface area contributed by atoms with Crippen LogP contribution in [-0.4, -0.2) is 17.8 Å². The topological polar surface area (TPSA) is 47.9 Å². The molecule has 28 heavy (non-hydrogen) atoms. The van der Waals surface area contributed by atoms with Crippen LogP contribution in [-0.2, 0) is 9.63 Å². The summed E-state index contributed by atoms with van der Waals surface area (Å²) in [7, 11) is 0. The standard InChI is InChI=1S/C24H17NO3/c26-24(27-18-10-2-1-3-11-18)22-15-21(25-28-22)23-19-12-6-4-8-16(19)14-17-9-5-7-13-20(17)23/h1-14,22H,15H2. The first-order valence-electron chi connectivity index (χ1n) is 9.20. The van der Waals surface area contributed by atoms with E-state index in [1.54, 1.807) is 12.1 Å². The summed E-state index contributed by atoms with van der Waals surface area (Å²) in [5.74, 6) is 0.0645. The molecule has 0 saturated carbocycles. The number of nitrogens with zero attached hydrogens (tertiary/aromatic N) is 1. The molecule has 0 amide bonds. The average molecular weight is 367 g/mol. The van der Waals surface area contributed by atoms with Crippen molar-refractivity contribution < 1.29 is 14.4 Å². The fourth-order valence-corrected chi connectivity index (χ4v) is 3.65. The summed E-state index contributed by atoms with van der Waals surface area (Å²) in [5.41, 5.74) is 1.78. The Hall–Kier alpha value is -3.66. The molecule has 1 heterocycles. The first-order chi connectivity index (χ1) is 13.8. The van der Waals surface area contributed by atoms with Crippen LogP contribution in [0.25, 0.3) is 21.5 Å². The van der Waals surface area contributed by atoms with Crippen LogP contribution in [0.5, 0.6) is 5.75 Å². The number of para-hydroxylation sites is 1. The maximum atomic E-state index is 12.5. The van der Waals surface area contributed by atoms with E-state index in [0.717, 1.165) is 32.8 Å². The van der Waals surface area contributed by atoms with Gasteiger partial charge < -0.3 is 9.57 Å². The van der Waals surface area contributed by atoms with Gasteiger partial charge in [-0.15, -0.1) is 0 Å². The number of carbonyl (C=O) groups is 1. The van der Waals surface area contributed by atoms with Crippen molar-refractivity contribution in [3.05, 3.63) is 90.5 Å². The fraction of sp³-hybridized carbons (Fsp3) is 0.0833. The average Bonchev–Trinajstić information content (AvgIpc) is 3.22. The van der Waals surface area contributed by atoms with Gasteiger partial charge in [-0.2, -0.15) is 0 Å². The summed E-state index contributed by atoms with van der Waals surface area (Å²) < 4.78 is 5.42. The third kappa shape index (κ3) is 2.89. The van der Waals surface area contributed by atoms with Gasteiger partial charge in [-0.1, -0.05) is 71.9 Å².